The van der Waals surface area contributed by atoms with Crippen molar-refractivity contribution in [3.63, 3.8) is 0 Å². The number of carbonyl (C=O) groups is 1. The fraction of sp³-hybridized carbons (Fsp3) is 0.278. The van der Waals surface area contributed by atoms with Crippen LogP contribution in [-0.2, 0) is 11.3 Å². The van der Waals surface area contributed by atoms with Gasteiger partial charge in [-0.3, -0.25) is 9.20 Å². The number of hydrogen-bond acceptors (Lipinski definition) is 5. The highest BCUT2D eigenvalue weighted by Gasteiger charge is 2.16. The lowest BCUT2D eigenvalue weighted by atomic mass is 10.1. The fourth-order valence-corrected chi connectivity index (χ4v) is 2.75. The third kappa shape index (κ3) is 3.39. The number of aromatic nitrogens is 3. The Hall–Kier alpha value is -3.29. The predicted molar refractivity (Wildman–Crippen MR) is 95.6 cm³/mol. The molecule has 0 saturated heterocycles. The summed E-state index contributed by atoms with van der Waals surface area (Å²) < 4.78 is 13.1. The minimum atomic E-state index is -0.356. The number of benzene rings is 1. The molecular weight excluding hydrogens is 336 g/mol. The first kappa shape index (κ1) is 17.5. The van der Waals surface area contributed by atoms with Crippen LogP contribution in [0.3, 0.4) is 0 Å². The molecule has 1 atom stereocenters. The Morgan fingerprint density at radius 2 is 2.04 bits per heavy atom. The van der Waals surface area contributed by atoms with E-state index in [2.05, 4.69) is 10.4 Å². The molecule has 3 aromatic rings. The standard InChI is InChI=1S/C18H20N4O4/c1-12(14-8-7-13(25-2)10-15(14)26-3)19-17(23)11-22-18(24)21-9-5-4-6-16(21)20-22/h4-10,12H,11H2,1-3H3,(H,19,23). The summed E-state index contributed by atoms with van der Waals surface area (Å²) in [4.78, 5) is 24.6. The van der Waals surface area contributed by atoms with Crippen LogP contribution in [0.5, 0.6) is 11.5 Å². The van der Waals surface area contributed by atoms with E-state index in [1.54, 1.807) is 50.7 Å². The average Bonchev–Trinajstić information content (AvgIpc) is 2.96. The molecule has 1 unspecified atom stereocenters. The molecule has 0 aliphatic heterocycles. The highest BCUT2D eigenvalue weighted by Crippen LogP contribution is 2.29. The monoisotopic (exact) mass is 356 g/mol. The van der Waals surface area contributed by atoms with Gasteiger partial charge in [-0.2, -0.15) is 0 Å². The Morgan fingerprint density at radius 3 is 2.73 bits per heavy atom. The van der Waals surface area contributed by atoms with Crippen LogP contribution in [0, 0.1) is 0 Å². The van der Waals surface area contributed by atoms with E-state index in [0.29, 0.717) is 17.1 Å². The number of nitrogens with one attached hydrogen (secondary N) is 1. The maximum Gasteiger partial charge on any atom is 0.350 e. The third-order valence-corrected chi connectivity index (χ3v) is 4.07. The van der Waals surface area contributed by atoms with Gasteiger partial charge >= 0.3 is 5.69 Å². The summed E-state index contributed by atoms with van der Waals surface area (Å²) in [5, 5.41) is 7.01. The van der Waals surface area contributed by atoms with Crippen molar-refractivity contribution in [1.29, 1.82) is 0 Å². The summed E-state index contributed by atoms with van der Waals surface area (Å²) in [6.45, 7) is 1.68. The lowest BCUT2D eigenvalue weighted by molar-refractivity contribution is -0.122. The van der Waals surface area contributed by atoms with Gasteiger partial charge < -0.3 is 14.8 Å². The van der Waals surface area contributed by atoms with Crippen molar-refractivity contribution in [2.45, 2.75) is 19.5 Å². The molecule has 0 fully saturated rings. The first-order valence-electron chi connectivity index (χ1n) is 8.09. The second-order valence-electron chi connectivity index (χ2n) is 5.77. The van der Waals surface area contributed by atoms with Crippen molar-refractivity contribution in [1.82, 2.24) is 19.5 Å². The number of pyridine rings is 1. The van der Waals surface area contributed by atoms with Crippen LogP contribution in [0.15, 0.2) is 47.4 Å². The van der Waals surface area contributed by atoms with E-state index in [-0.39, 0.29) is 24.2 Å². The van der Waals surface area contributed by atoms with Crippen molar-refractivity contribution in [3.05, 3.63) is 58.6 Å². The van der Waals surface area contributed by atoms with Crippen LogP contribution in [0.4, 0.5) is 0 Å². The topological polar surface area (TPSA) is 86.9 Å². The van der Waals surface area contributed by atoms with Gasteiger partial charge in [-0.25, -0.2) is 9.48 Å². The quantitative estimate of drug-likeness (QED) is 0.721. The number of hydrogen-bond donors (Lipinski definition) is 1. The van der Waals surface area contributed by atoms with E-state index in [1.807, 2.05) is 13.0 Å². The van der Waals surface area contributed by atoms with Crippen LogP contribution in [0.25, 0.3) is 5.65 Å². The van der Waals surface area contributed by atoms with E-state index < -0.39 is 0 Å². The summed E-state index contributed by atoms with van der Waals surface area (Å²) in [6.07, 6.45) is 1.61. The second-order valence-corrected chi connectivity index (χ2v) is 5.77. The first-order chi connectivity index (χ1) is 12.5. The smallest absolute Gasteiger partial charge is 0.350 e. The van der Waals surface area contributed by atoms with Crippen molar-refractivity contribution in [2.24, 2.45) is 0 Å². The molecular formula is C18H20N4O4. The Morgan fingerprint density at radius 1 is 1.23 bits per heavy atom. The third-order valence-electron chi connectivity index (χ3n) is 4.07. The van der Waals surface area contributed by atoms with Crippen LogP contribution in [0.1, 0.15) is 18.5 Å². The Labute approximate surface area is 150 Å². The maximum absolute atomic E-state index is 12.4. The largest absolute Gasteiger partial charge is 0.497 e. The summed E-state index contributed by atoms with van der Waals surface area (Å²) in [6, 6.07) is 10.3. The highest BCUT2D eigenvalue weighted by molar-refractivity contribution is 5.76. The van der Waals surface area contributed by atoms with Crippen molar-refractivity contribution >= 4 is 11.6 Å². The number of nitrogens with zero attached hydrogens (tertiary/aromatic N) is 3. The number of rotatable bonds is 6. The molecule has 2 aromatic heterocycles. The zero-order valence-electron chi connectivity index (χ0n) is 14.8. The SMILES string of the molecule is COc1ccc(C(C)NC(=O)Cn2nc3ccccn3c2=O)c(OC)c1. The molecule has 2 heterocycles. The van der Waals surface area contributed by atoms with Gasteiger partial charge in [0, 0.05) is 17.8 Å². The molecule has 0 bridgehead atoms. The van der Waals surface area contributed by atoms with Crippen LogP contribution in [0.2, 0.25) is 0 Å². The summed E-state index contributed by atoms with van der Waals surface area (Å²) in [5.74, 6) is 0.961. The van der Waals surface area contributed by atoms with E-state index >= 15 is 0 Å². The molecule has 0 radical (unpaired) electrons. The minimum absolute atomic E-state index is 0.163. The van der Waals surface area contributed by atoms with E-state index in [9.17, 15) is 9.59 Å². The molecule has 26 heavy (non-hydrogen) atoms. The van der Waals surface area contributed by atoms with Crippen LogP contribution in [-0.4, -0.2) is 34.3 Å². The fourth-order valence-electron chi connectivity index (χ4n) is 2.75. The van der Waals surface area contributed by atoms with Crippen LogP contribution >= 0.6 is 0 Å². The zero-order valence-corrected chi connectivity index (χ0v) is 14.8. The number of methoxy groups -OCH3 is 2. The van der Waals surface area contributed by atoms with Gasteiger partial charge in [0.25, 0.3) is 0 Å². The van der Waals surface area contributed by atoms with Crippen molar-refractivity contribution in [2.75, 3.05) is 14.2 Å². The van der Waals surface area contributed by atoms with E-state index in [4.69, 9.17) is 9.47 Å². The van der Waals surface area contributed by atoms with Crippen molar-refractivity contribution < 1.29 is 14.3 Å². The van der Waals surface area contributed by atoms with E-state index in [1.165, 1.54) is 4.40 Å². The number of ether oxygens (including phenoxy) is 2. The normalized spacial score (nSPS) is 12.0. The van der Waals surface area contributed by atoms with Crippen LogP contribution < -0.4 is 20.5 Å². The first-order valence-corrected chi connectivity index (χ1v) is 8.09. The Kier molecular flexibility index (Phi) is 4.92. The molecule has 1 N–H and O–H groups in total. The molecule has 0 aliphatic carbocycles. The molecule has 3 rings (SSSR count). The summed E-state index contributed by atoms with van der Waals surface area (Å²) >= 11 is 0. The van der Waals surface area contributed by atoms with Gasteiger partial charge in [-0.05, 0) is 31.2 Å². The zero-order chi connectivity index (χ0) is 18.7. The van der Waals surface area contributed by atoms with E-state index in [0.717, 1.165) is 10.2 Å². The molecule has 0 saturated carbocycles. The van der Waals surface area contributed by atoms with Gasteiger partial charge in [0.1, 0.15) is 18.0 Å². The molecule has 0 spiro atoms. The molecule has 1 amide bonds. The Bertz CT molecular complexity index is 992. The summed E-state index contributed by atoms with van der Waals surface area (Å²) in [7, 11) is 3.13. The minimum Gasteiger partial charge on any atom is -0.497 e. The number of amides is 1. The van der Waals surface area contributed by atoms with Gasteiger partial charge in [0.15, 0.2) is 5.65 Å². The highest BCUT2D eigenvalue weighted by atomic mass is 16.5. The average molecular weight is 356 g/mol. The summed E-state index contributed by atoms with van der Waals surface area (Å²) in [5.41, 5.74) is 0.949. The predicted octanol–water partition coefficient (Wildman–Crippen LogP) is 1.39. The number of fused-ring (bicyclic) bond motifs is 1. The molecule has 136 valence electrons. The molecule has 8 nitrogen and oxygen atoms in total. The number of carbonyl (C=O) groups excluding carboxylic acids is 1. The van der Waals surface area contributed by atoms with Gasteiger partial charge in [-0.15, -0.1) is 5.10 Å². The lowest BCUT2D eigenvalue weighted by Gasteiger charge is -2.18. The maximum atomic E-state index is 12.4. The van der Waals surface area contributed by atoms with Gasteiger partial charge in [-0.1, -0.05) is 6.07 Å². The van der Waals surface area contributed by atoms with Gasteiger partial charge in [0.05, 0.1) is 20.3 Å². The Balaban J connectivity index is 1.75. The second kappa shape index (κ2) is 7.30. The molecule has 0 aliphatic rings. The van der Waals surface area contributed by atoms with Gasteiger partial charge in [0.2, 0.25) is 5.91 Å². The molecule has 8 heteroatoms. The lowest BCUT2D eigenvalue weighted by Crippen LogP contribution is -2.34. The molecule has 1 aromatic carbocycles. The van der Waals surface area contributed by atoms with Crippen molar-refractivity contribution in [3.8, 4) is 11.5 Å².